The average Bonchev–Trinajstić information content (AvgIpc) is 2.44. The van der Waals surface area contributed by atoms with Gasteiger partial charge in [0.25, 0.3) is 0 Å². The van der Waals surface area contributed by atoms with Crippen molar-refractivity contribution in [2.24, 2.45) is 11.8 Å². The van der Waals surface area contributed by atoms with Crippen LogP contribution in [0.2, 0.25) is 0 Å². The van der Waals surface area contributed by atoms with Crippen LogP contribution in [0.25, 0.3) is 0 Å². The van der Waals surface area contributed by atoms with E-state index in [9.17, 15) is 4.79 Å². The van der Waals surface area contributed by atoms with Crippen molar-refractivity contribution in [1.29, 1.82) is 0 Å². The first-order valence-electron chi connectivity index (χ1n) is 7.14. The fraction of sp³-hybridized carbons (Fsp3) is 0.389. The van der Waals surface area contributed by atoms with Crippen molar-refractivity contribution in [3.8, 4) is 0 Å². The van der Waals surface area contributed by atoms with Crippen molar-refractivity contribution < 1.29 is 9.53 Å². The van der Waals surface area contributed by atoms with Gasteiger partial charge in [-0.2, -0.15) is 0 Å². The molecule has 0 saturated heterocycles. The molecule has 0 aromatic heterocycles. The molecular formula is C18H24O2. The van der Waals surface area contributed by atoms with Crippen LogP contribution in [0.1, 0.15) is 32.8 Å². The van der Waals surface area contributed by atoms with Crippen molar-refractivity contribution in [3.05, 3.63) is 60.4 Å². The van der Waals surface area contributed by atoms with Crippen LogP contribution in [0, 0.1) is 11.8 Å². The van der Waals surface area contributed by atoms with Crippen LogP contribution in [0.15, 0.2) is 54.8 Å². The Balaban J connectivity index is 2.29. The third kappa shape index (κ3) is 6.37. The summed E-state index contributed by atoms with van der Waals surface area (Å²) >= 11 is 0. The number of hydrogen-bond donors (Lipinski definition) is 0. The Morgan fingerprint density at radius 1 is 1.25 bits per heavy atom. The highest BCUT2D eigenvalue weighted by molar-refractivity contribution is 5.73. The number of benzene rings is 1. The summed E-state index contributed by atoms with van der Waals surface area (Å²) in [5, 5.41) is 0. The van der Waals surface area contributed by atoms with Gasteiger partial charge < -0.3 is 4.74 Å². The zero-order chi connectivity index (χ0) is 14.8. The third-order valence-corrected chi connectivity index (χ3v) is 3.39. The van der Waals surface area contributed by atoms with Gasteiger partial charge in [-0.3, -0.25) is 4.79 Å². The fourth-order valence-corrected chi connectivity index (χ4v) is 1.91. The molecule has 2 atom stereocenters. The molecule has 2 heteroatoms. The maximum atomic E-state index is 11.6. The first kappa shape index (κ1) is 16.2. The van der Waals surface area contributed by atoms with Gasteiger partial charge in [-0.15, -0.1) is 0 Å². The molecule has 1 aromatic rings. The van der Waals surface area contributed by atoms with Crippen LogP contribution < -0.4 is 0 Å². The number of hydrogen-bond acceptors (Lipinski definition) is 2. The summed E-state index contributed by atoms with van der Waals surface area (Å²) in [7, 11) is 0. The quantitative estimate of drug-likeness (QED) is 0.414. The summed E-state index contributed by atoms with van der Waals surface area (Å²) in [5.74, 6) is 0.849. The van der Waals surface area contributed by atoms with Crippen molar-refractivity contribution >= 4 is 5.97 Å². The van der Waals surface area contributed by atoms with Crippen molar-refractivity contribution in [2.45, 2.75) is 33.6 Å². The highest BCUT2D eigenvalue weighted by Crippen LogP contribution is 2.16. The van der Waals surface area contributed by atoms with Gasteiger partial charge in [0.2, 0.25) is 0 Å². The molecule has 0 aliphatic rings. The Morgan fingerprint density at radius 3 is 2.60 bits per heavy atom. The summed E-state index contributed by atoms with van der Waals surface area (Å²) in [6.07, 6.45) is 8.93. The van der Waals surface area contributed by atoms with Crippen molar-refractivity contribution in [3.63, 3.8) is 0 Å². The van der Waals surface area contributed by atoms with Gasteiger partial charge in [0.15, 0.2) is 0 Å². The lowest BCUT2D eigenvalue weighted by atomic mass is 9.93. The summed E-state index contributed by atoms with van der Waals surface area (Å²) in [4.78, 5) is 11.6. The summed E-state index contributed by atoms with van der Waals surface area (Å²) in [5.41, 5.74) is 0.973. The van der Waals surface area contributed by atoms with Crippen molar-refractivity contribution in [2.75, 3.05) is 0 Å². The van der Waals surface area contributed by atoms with E-state index >= 15 is 0 Å². The van der Waals surface area contributed by atoms with Gasteiger partial charge >= 0.3 is 5.97 Å². The molecule has 0 aliphatic carbocycles. The SMILES string of the molecule is C/C=C/C(C)C(C)C/C=C/OC(=O)Cc1ccccc1. The summed E-state index contributed by atoms with van der Waals surface area (Å²) < 4.78 is 5.10. The Hall–Kier alpha value is -1.83. The lowest BCUT2D eigenvalue weighted by molar-refractivity contribution is -0.137. The minimum atomic E-state index is -0.221. The van der Waals surface area contributed by atoms with E-state index in [1.54, 1.807) is 0 Å². The minimum Gasteiger partial charge on any atom is -0.435 e. The lowest BCUT2D eigenvalue weighted by Crippen LogP contribution is -2.05. The van der Waals surface area contributed by atoms with E-state index in [1.165, 1.54) is 6.26 Å². The normalized spacial score (nSPS) is 14.6. The van der Waals surface area contributed by atoms with Gasteiger partial charge in [0.05, 0.1) is 12.7 Å². The van der Waals surface area contributed by atoms with Crippen molar-refractivity contribution in [1.82, 2.24) is 0 Å². The molecule has 0 aliphatic heterocycles. The number of carbonyl (C=O) groups is 1. The standard InChI is InChI=1S/C18H24O2/c1-4-9-15(2)16(3)10-8-13-20-18(19)14-17-11-6-5-7-12-17/h4-9,11-13,15-16H,10,14H2,1-3H3/b9-4+,13-8+. The molecule has 0 amide bonds. The predicted molar refractivity (Wildman–Crippen MR) is 83.1 cm³/mol. The number of rotatable bonds is 7. The molecule has 0 spiro atoms. The van der Waals surface area contributed by atoms with Gasteiger partial charge in [0.1, 0.15) is 0 Å². The molecule has 1 aromatic carbocycles. The van der Waals surface area contributed by atoms with Crippen LogP contribution in [0.3, 0.4) is 0 Å². The van der Waals surface area contributed by atoms with E-state index in [2.05, 4.69) is 26.0 Å². The largest absolute Gasteiger partial charge is 0.435 e. The van der Waals surface area contributed by atoms with E-state index in [0.29, 0.717) is 18.3 Å². The van der Waals surface area contributed by atoms with E-state index in [4.69, 9.17) is 4.74 Å². The summed E-state index contributed by atoms with van der Waals surface area (Å²) in [6.45, 7) is 6.42. The lowest BCUT2D eigenvalue weighted by Gasteiger charge is -2.13. The Morgan fingerprint density at radius 2 is 1.95 bits per heavy atom. The Labute approximate surface area is 122 Å². The second-order valence-electron chi connectivity index (χ2n) is 5.12. The molecule has 2 nitrogen and oxygen atoms in total. The van der Waals surface area contributed by atoms with Crippen LogP contribution >= 0.6 is 0 Å². The molecule has 0 bridgehead atoms. The molecule has 0 fully saturated rings. The van der Waals surface area contributed by atoms with Crippen LogP contribution in [-0.4, -0.2) is 5.97 Å². The van der Waals surface area contributed by atoms with Gasteiger partial charge in [-0.05, 0) is 36.8 Å². The zero-order valence-electron chi connectivity index (χ0n) is 12.6. The summed E-state index contributed by atoms with van der Waals surface area (Å²) in [6, 6.07) is 9.62. The van der Waals surface area contributed by atoms with Gasteiger partial charge in [-0.25, -0.2) is 0 Å². The smallest absolute Gasteiger partial charge is 0.315 e. The topological polar surface area (TPSA) is 26.3 Å². The van der Waals surface area contributed by atoms with E-state index in [-0.39, 0.29) is 5.97 Å². The minimum absolute atomic E-state index is 0.221. The van der Waals surface area contributed by atoms with Crippen LogP contribution in [0.4, 0.5) is 0 Å². The van der Waals surface area contributed by atoms with E-state index in [0.717, 1.165) is 12.0 Å². The van der Waals surface area contributed by atoms with Gasteiger partial charge in [0, 0.05) is 0 Å². The first-order valence-corrected chi connectivity index (χ1v) is 7.14. The second kappa shape index (κ2) is 9.13. The highest BCUT2D eigenvalue weighted by Gasteiger charge is 2.07. The Bertz CT molecular complexity index is 446. The highest BCUT2D eigenvalue weighted by atomic mass is 16.5. The molecule has 108 valence electrons. The monoisotopic (exact) mass is 272 g/mol. The van der Waals surface area contributed by atoms with E-state index < -0.39 is 0 Å². The average molecular weight is 272 g/mol. The Kier molecular flexibility index (Phi) is 7.41. The molecule has 0 saturated carbocycles. The molecule has 2 unspecified atom stereocenters. The maximum Gasteiger partial charge on any atom is 0.315 e. The number of allylic oxidation sites excluding steroid dienone is 3. The molecule has 0 radical (unpaired) electrons. The van der Waals surface area contributed by atoms with E-state index in [1.807, 2.05) is 43.3 Å². The van der Waals surface area contributed by atoms with Crippen LogP contribution in [0.5, 0.6) is 0 Å². The number of carbonyl (C=O) groups excluding carboxylic acids is 1. The first-order chi connectivity index (χ1) is 9.63. The molecule has 1 rings (SSSR count). The third-order valence-electron chi connectivity index (χ3n) is 3.39. The van der Waals surface area contributed by atoms with Gasteiger partial charge in [-0.1, -0.05) is 56.3 Å². The molecule has 0 heterocycles. The predicted octanol–water partition coefficient (Wildman–Crippen LogP) is 4.52. The number of esters is 1. The maximum absolute atomic E-state index is 11.6. The molecule has 0 N–H and O–H groups in total. The second-order valence-corrected chi connectivity index (χ2v) is 5.12. The molecular weight excluding hydrogens is 248 g/mol. The zero-order valence-corrected chi connectivity index (χ0v) is 12.6. The number of ether oxygens (including phenoxy) is 1. The van der Waals surface area contributed by atoms with Crippen LogP contribution in [-0.2, 0) is 16.0 Å². The fourth-order valence-electron chi connectivity index (χ4n) is 1.91. The molecule has 20 heavy (non-hydrogen) atoms.